The normalized spacial score (nSPS) is 19.8. The summed E-state index contributed by atoms with van der Waals surface area (Å²) in [5.74, 6) is 1.57. The number of nitrogens with zero attached hydrogens (tertiary/aromatic N) is 3. The van der Waals surface area contributed by atoms with Crippen molar-refractivity contribution in [1.82, 2.24) is 15.0 Å². The Morgan fingerprint density at radius 2 is 2.33 bits per heavy atom. The molecule has 0 saturated carbocycles. The average Bonchev–Trinajstić information content (AvgIpc) is 2.98. The number of rotatable bonds is 3. The standard InChI is InChI=1S/C13H15N3OS/c1-9(17)12-7-16(15-14-12)6-10-8-18-13-5-3-2-4-11(10)13/h2-5,7,9-10,17H,6,8H2,1H3. The molecule has 0 fully saturated rings. The molecule has 0 spiro atoms. The zero-order valence-electron chi connectivity index (χ0n) is 10.2. The van der Waals surface area contributed by atoms with Gasteiger partial charge in [-0.2, -0.15) is 0 Å². The van der Waals surface area contributed by atoms with Gasteiger partial charge in [0.25, 0.3) is 0 Å². The maximum absolute atomic E-state index is 9.44. The predicted octanol–water partition coefficient (Wildman–Crippen LogP) is 2.22. The second-order valence-corrected chi connectivity index (χ2v) is 5.65. The predicted molar refractivity (Wildman–Crippen MR) is 70.6 cm³/mol. The molecule has 2 aromatic rings. The first kappa shape index (κ1) is 11.7. The number of benzene rings is 1. The lowest BCUT2D eigenvalue weighted by molar-refractivity contribution is 0.194. The van der Waals surface area contributed by atoms with Crippen LogP contribution in [-0.2, 0) is 6.54 Å². The van der Waals surface area contributed by atoms with Gasteiger partial charge in [-0.25, -0.2) is 0 Å². The molecule has 2 unspecified atom stereocenters. The van der Waals surface area contributed by atoms with Gasteiger partial charge in [0.1, 0.15) is 5.69 Å². The third-order valence-corrected chi connectivity index (χ3v) is 4.44. The van der Waals surface area contributed by atoms with Gasteiger partial charge in [-0.15, -0.1) is 16.9 Å². The molecule has 1 N–H and O–H groups in total. The number of hydrogen-bond donors (Lipinski definition) is 1. The summed E-state index contributed by atoms with van der Waals surface area (Å²) in [6.07, 6.45) is 1.28. The summed E-state index contributed by atoms with van der Waals surface area (Å²) in [6.45, 7) is 2.53. The van der Waals surface area contributed by atoms with Crippen molar-refractivity contribution < 1.29 is 5.11 Å². The van der Waals surface area contributed by atoms with Crippen LogP contribution in [0.5, 0.6) is 0 Å². The second-order valence-electron chi connectivity index (χ2n) is 4.59. The number of aliphatic hydroxyl groups is 1. The Hall–Kier alpha value is -1.33. The highest BCUT2D eigenvalue weighted by Gasteiger charge is 2.23. The SMILES string of the molecule is CC(O)c1cn(CC2CSc3ccccc32)nn1. The van der Waals surface area contributed by atoms with E-state index in [1.165, 1.54) is 10.5 Å². The molecule has 2 heterocycles. The summed E-state index contributed by atoms with van der Waals surface area (Å²) in [5.41, 5.74) is 2.03. The zero-order chi connectivity index (χ0) is 12.5. The molecule has 0 bridgehead atoms. The summed E-state index contributed by atoms with van der Waals surface area (Å²) in [5, 5.41) is 17.5. The Labute approximate surface area is 110 Å². The lowest BCUT2D eigenvalue weighted by Gasteiger charge is -2.09. The van der Waals surface area contributed by atoms with Gasteiger partial charge in [-0.3, -0.25) is 4.68 Å². The molecule has 18 heavy (non-hydrogen) atoms. The van der Waals surface area contributed by atoms with Crippen LogP contribution in [0.25, 0.3) is 0 Å². The van der Waals surface area contributed by atoms with Gasteiger partial charge in [0.2, 0.25) is 0 Å². The summed E-state index contributed by atoms with van der Waals surface area (Å²) >= 11 is 1.90. The molecule has 5 heteroatoms. The number of aliphatic hydroxyl groups excluding tert-OH is 1. The van der Waals surface area contributed by atoms with Gasteiger partial charge in [0.15, 0.2) is 0 Å². The molecule has 94 valence electrons. The molecular weight excluding hydrogens is 246 g/mol. The maximum Gasteiger partial charge on any atom is 0.111 e. The fourth-order valence-electron chi connectivity index (χ4n) is 2.20. The minimum atomic E-state index is -0.552. The van der Waals surface area contributed by atoms with Crippen LogP contribution in [0.1, 0.15) is 30.2 Å². The van der Waals surface area contributed by atoms with Crippen LogP contribution in [0.2, 0.25) is 0 Å². The Morgan fingerprint density at radius 1 is 1.50 bits per heavy atom. The van der Waals surface area contributed by atoms with Crippen molar-refractivity contribution in [2.75, 3.05) is 5.75 Å². The first-order valence-corrected chi connectivity index (χ1v) is 7.02. The van der Waals surface area contributed by atoms with E-state index >= 15 is 0 Å². The summed E-state index contributed by atoms with van der Waals surface area (Å²) < 4.78 is 1.83. The first-order valence-electron chi connectivity index (χ1n) is 6.04. The van der Waals surface area contributed by atoms with Crippen molar-refractivity contribution in [3.8, 4) is 0 Å². The molecule has 0 amide bonds. The van der Waals surface area contributed by atoms with Gasteiger partial charge in [-0.05, 0) is 18.6 Å². The van der Waals surface area contributed by atoms with Crippen molar-refractivity contribution in [3.05, 3.63) is 41.7 Å². The maximum atomic E-state index is 9.44. The highest BCUT2D eigenvalue weighted by atomic mass is 32.2. The van der Waals surface area contributed by atoms with Crippen molar-refractivity contribution >= 4 is 11.8 Å². The van der Waals surface area contributed by atoms with Crippen molar-refractivity contribution in [3.63, 3.8) is 0 Å². The molecule has 1 aromatic carbocycles. The van der Waals surface area contributed by atoms with Gasteiger partial charge in [-0.1, -0.05) is 23.4 Å². The quantitative estimate of drug-likeness (QED) is 0.920. The number of aromatic nitrogens is 3. The monoisotopic (exact) mass is 261 g/mol. The summed E-state index contributed by atoms with van der Waals surface area (Å²) in [6, 6.07) is 8.52. The molecule has 1 aliphatic rings. The molecule has 4 nitrogen and oxygen atoms in total. The van der Waals surface area contributed by atoms with E-state index in [1.807, 2.05) is 22.6 Å². The number of hydrogen-bond acceptors (Lipinski definition) is 4. The number of thioether (sulfide) groups is 1. The average molecular weight is 261 g/mol. The van der Waals surface area contributed by atoms with Crippen molar-refractivity contribution in [1.29, 1.82) is 0 Å². The molecule has 3 rings (SSSR count). The molecule has 2 atom stereocenters. The van der Waals surface area contributed by atoms with E-state index in [4.69, 9.17) is 0 Å². The number of fused-ring (bicyclic) bond motifs is 1. The molecule has 0 radical (unpaired) electrons. The third-order valence-electron chi connectivity index (χ3n) is 3.19. The zero-order valence-corrected chi connectivity index (χ0v) is 11.0. The van der Waals surface area contributed by atoms with Crippen LogP contribution < -0.4 is 0 Å². The van der Waals surface area contributed by atoms with Crippen LogP contribution >= 0.6 is 11.8 Å². The highest BCUT2D eigenvalue weighted by Crippen LogP contribution is 2.39. The Bertz CT molecular complexity index is 553. The van der Waals surface area contributed by atoms with Crippen LogP contribution in [0.15, 0.2) is 35.4 Å². The van der Waals surface area contributed by atoms with E-state index in [9.17, 15) is 5.11 Å². The van der Waals surface area contributed by atoms with E-state index in [2.05, 4.69) is 34.6 Å². The minimum Gasteiger partial charge on any atom is -0.387 e. The largest absolute Gasteiger partial charge is 0.387 e. The van der Waals surface area contributed by atoms with E-state index in [0.29, 0.717) is 11.6 Å². The van der Waals surface area contributed by atoms with E-state index < -0.39 is 6.10 Å². The van der Waals surface area contributed by atoms with Gasteiger partial charge in [0, 0.05) is 16.6 Å². The van der Waals surface area contributed by atoms with Crippen LogP contribution in [0.3, 0.4) is 0 Å². The van der Waals surface area contributed by atoms with Crippen LogP contribution in [0.4, 0.5) is 0 Å². The Morgan fingerprint density at radius 3 is 3.11 bits per heavy atom. The van der Waals surface area contributed by atoms with Crippen LogP contribution in [-0.4, -0.2) is 25.9 Å². The van der Waals surface area contributed by atoms with Gasteiger partial charge >= 0.3 is 0 Å². The summed E-state index contributed by atoms with van der Waals surface area (Å²) in [4.78, 5) is 1.37. The molecule has 1 aromatic heterocycles. The fourth-order valence-corrected chi connectivity index (χ4v) is 3.44. The Balaban J connectivity index is 1.78. The van der Waals surface area contributed by atoms with Gasteiger partial charge in [0.05, 0.1) is 18.8 Å². The lowest BCUT2D eigenvalue weighted by atomic mass is 10.0. The third kappa shape index (κ3) is 2.15. The Kier molecular flexibility index (Phi) is 3.09. The topological polar surface area (TPSA) is 50.9 Å². The lowest BCUT2D eigenvalue weighted by Crippen LogP contribution is -2.09. The van der Waals surface area contributed by atoms with Gasteiger partial charge < -0.3 is 5.11 Å². The summed E-state index contributed by atoms with van der Waals surface area (Å²) in [7, 11) is 0. The minimum absolute atomic E-state index is 0.481. The first-order chi connectivity index (χ1) is 8.74. The molecule has 0 saturated heterocycles. The second kappa shape index (κ2) is 4.74. The molecule has 1 aliphatic heterocycles. The van der Waals surface area contributed by atoms with Crippen molar-refractivity contribution in [2.45, 2.75) is 30.4 Å². The van der Waals surface area contributed by atoms with E-state index in [-0.39, 0.29) is 0 Å². The smallest absolute Gasteiger partial charge is 0.111 e. The fraction of sp³-hybridized carbons (Fsp3) is 0.385. The van der Waals surface area contributed by atoms with Crippen LogP contribution in [0, 0.1) is 0 Å². The molecule has 0 aliphatic carbocycles. The van der Waals surface area contributed by atoms with E-state index in [0.717, 1.165) is 12.3 Å². The van der Waals surface area contributed by atoms with E-state index in [1.54, 1.807) is 6.92 Å². The highest BCUT2D eigenvalue weighted by molar-refractivity contribution is 7.99. The van der Waals surface area contributed by atoms with Crippen molar-refractivity contribution in [2.24, 2.45) is 0 Å². The molecular formula is C13H15N3OS.